The fourth-order valence-corrected chi connectivity index (χ4v) is 1.43. The Morgan fingerprint density at radius 1 is 1.43 bits per heavy atom. The highest BCUT2D eigenvalue weighted by atomic mass is 16.3. The molecule has 1 rings (SSSR count). The van der Waals surface area contributed by atoms with Crippen LogP contribution in [0.5, 0.6) is 0 Å². The van der Waals surface area contributed by atoms with E-state index in [-0.39, 0.29) is 5.41 Å². The third kappa shape index (κ3) is 3.97. The quantitative estimate of drug-likeness (QED) is 0.781. The molecule has 0 aliphatic heterocycles. The predicted octanol–water partition coefficient (Wildman–Crippen LogP) is 2.85. The van der Waals surface area contributed by atoms with Crippen LogP contribution in [-0.4, -0.2) is 12.6 Å². The summed E-state index contributed by atoms with van der Waals surface area (Å²) in [4.78, 5) is 0. The van der Waals surface area contributed by atoms with Crippen LogP contribution >= 0.6 is 0 Å². The van der Waals surface area contributed by atoms with Gasteiger partial charge >= 0.3 is 0 Å². The Bertz CT molecular complexity index is 249. The van der Waals surface area contributed by atoms with Crippen molar-refractivity contribution in [3.63, 3.8) is 0 Å². The van der Waals surface area contributed by atoms with Crippen LogP contribution in [0.3, 0.4) is 0 Å². The average Bonchev–Trinajstić information content (AvgIpc) is 2.53. The molecule has 1 heterocycles. The van der Waals surface area contributed by atoms with Crippen LogP contribution in [0.1, 0.15) is 33.5 Å². The molecular weight excluding hydrogens is 174 g/mol. The number of furan rings is 1. The first kappa shape index (κ1) is 11.3. The molecule has 0 aliphatic carbocycles. The Morgan fingerprint density at radius 3 is 2.64 bits per heavy atom. The third-order valence-electron chi connectivity index (χ3n) is 2.22. The second kappa shape index (κ2) is 4.65. The maximum absolute atomic E-state index is 5.35. The van der Waals surface area contributed by atoms with E-state index in [1.165, 1.54) is 0 Å². The molecule has 2 heteroatoms. The summed E-state index contributed by atoms with van der Waals surface area (Å²) in [6.07, 6.45) is 2.72. The van der Waals surface area contributed by atoms with Crippen molar-refractivity contribution in [2.75, 3.05) is 6.54 Å². The van der Waals surface area contributed by atoms with E-state index in [2.05, 4.69) is 33.0 Å². The molecule has 0 amide bonds. The van der Waals surface area contributed by atoms with Crippen molar-refractivity contribution in [1.82, 2.24) is 5.32 Å². The van der Waals surface area contributed by atoms with Crippen molar-refractivity contribution in [3.05, 3.63) is 24.2 Å². The number of hydrogen-bond donors (Lipinski definition) is 1. The Labute approximate surface area is 86.7 Å². The molecule has 80 valence electrons. The van der Waals surface area contributed by atoms with Gasteiger partial charge in [-0.1, -0.05) is 27.7 Å². The van der Waals surface area contributed by atoms with E-state index in [1.54, 1.807) is 6.26 Å². The topological polar surface area (TPSA) is 25.2 Å². The highest BCUT2D eigenvalue weighted by Crippen LogP contribution is 2.21. The van der Waals surface area contributed by atoms with E-state index in [0.29, 0.717) is 6.04 Å². The van der Waals surface area contributed by atoms with E-state index in [4.69, 9.17) is 4.42 Å². The minimum absolute atomic E-state index is 0.252. The van der Waals surface area contributed by atoms with Crippen molar-refractivity contribution in [2.24, 2.45) is 5.41 Å². The summed E-state index contributed by atoms with van der Waals surface area (Å²) in [7, 11) is 0. The van der Waals surface area contributed by atoms with Crippen molar-refractivity contribution in [2.45, 2.75) is 40.2 Å². The largest absolute Gasteiger partial charge is 0.469 e. The van der Waals surface area contributed by atoms with Gasteiger partial charge in [-0.05, 0) is 17.5 Å². The molecule has 1 aromatic rings. The lowest BCUT2D eigenvalue weighted by Crippen LogP contribution is -2.35. The molecule has 0 fully saturated rings. The second-order valence-electron chi connectivity index (χ2n) is 4.96. The standard InChI is InChI=1S/C12H21NO/c1-10(2)13-9-12(3,4)8-11-6-5-7-14-11/h5-7,10,13H,8-9H2,1-4H3. The predicted molar refractivity (Wildman–Crippen MR) is 59.3 cm³/mol. The van der Waals surface area contributed by atoms with Gasteiger partial charge in [0.15, 0.2) is 0 Å². The lowest BCUT2D eigenvalue weighted by Gasteiger charge is -2.25. The monoisotopic (exact) mass is 195 g/mol. The van der Waals surface area contributed by atoms with Crippen LogP contribution in [0.15, 0.2) is 22.8 Å². The molecule has 0 atom stereocenters. The SMILES string of the molecule is CC(C)NCC(C)(C)Cc1ccco1. The van der Waals surface area contributed by atoms with E-state index >= 15 is 0 Å². The number of hydrogen-bond acceptors (Lipinski definition) is 2. The van der Waals surface area contributed by atoms with Gasteiger partial charge in [-0.3, -0.25) is 0 Å². The van der Waals surface area contributed by atoms with Gasteiger partial charge in [0.25, 0.3) is 0 Å². The first-order chi connectivity index (χ1) is 6.49. The summed E-state index contributed by atoms with van der Waals surface area (Å²) < 4.78 is 5.35. The van der Waals surface area contributed by atoms with E-state index in [9.17, 15) is 0 Å². The average molecular weight is 195 g/mol. The zero-order chi connectivity index (χ0) is 10.6. The normalized spacial score (nSPS) is 12.4. The van der Waals surface area contributed by atoms with E-state index in [0.717, 1.165) is 18.7 Å². The maximum atomic E-state index is 5.35. The van der Waals surface area contributed by atoms with Gasteiger partial charge in [-0.25, -0.2) is 0 Å². The summed E-state index contributed by atoms with van der Waals surface area (Å²) in [5, 5.41) is 3.46. The first-order valence-electron chi connectivity index (χ1n) is 5.25. The molecule has 0 saturated heterocycles. The molecule has 0 aromatic carbocycles. The van der Waals surface area contributed by atoms with Crippen LogP contribution in [0, 0.1) is 5.41 Å². The molecule has 0 aliphatic rings. The number of rotatable bonds is 5. The fraction of sp³-hybridized carbons (Fsp3) is 0.667. The Hall–Kier alpha value is -0.760. The molecule has 14 heavy (non-hydrogen) atoms. The minimum Gasteiger partial charge on any atom is -0.469 e. The van der Waals surface area contributed by atoms with Gasteiger partial charge in [0.05, 0.1) is 6.26 Å². The fourth-order valence-electron chi connectivity index (χ4n) is 1.43. The summed E-state index contributed by atoms with van der Waals surface area (Å²) in [5.41, 5.74) is 0.252. The lowest BCUT2D eigenvalue weighted by molar-refractivity contribution is 0.301. The summed E-state index contributed by atoms with van der Waals surface area (Å²) in [5.74, 6) is 1.07. The highest BCUT2D eigenvalue weighted by molar-refractivity contribution is 5.01. The molecule has 1 aromatic heterocycles. The Kier molecular flexibility index (Phi) is 3.76. The molecular formula is C12H21NO. The molecule has 0 unspecified atom stereocenters. The van der Waals surface area contributed by atoms with Gasteiger partial charge in [-0.2, -0.15) is 0 Å². The second-order valence-corrected chi connectivity index (χ2v) is 4.96. The van der Waals surface area contributed by atoms with E-state index in [1.807, 2.05) is 12.1 Å². The van der Waals surface area contributed by atoms with Gasteiger partial charge in [0.1, 0.15) is 5.76 Å². The highest BCUT2D eigenvalue weighted by Gasteiger charge is 2.19. The molecule has 0 bridgehead atoms. The lowest BCUT2D eigenvalue weighted by atomic mass is 9.88. The maximum Gasteiger partial charge on any atom is 0.104 e. The van der Waals surface area contributed by atoms with Crippen molar-refractivity contribution in [1.29, 1.82) is 0 Å². The van der Waals surface area contributed by atoms with Gasteiger partial charge in [-0.15, -0.1) is 0 Å². The van der Waals surface area contributed by atoms with Crippen LogP contribution in [0.4, 0.5) is 0 Å². The summed E-state index contributed by atoms with van der Waals surface area (Å²) in [6, 6.07) is 4.53. The first-order valence-corrected chi connectivity index (χ1v) is 5.25. The Balaban J connectivity index is 2.41. The molecule has 0 radical (unpaired) electrons. The van der Waals surface area contributed by atoms with Gasteiger partial charge in [0, 0.05) is 19.0 Å². The smallest absolute Gasteiger partial charge is 0.104 e. The molecule has 2 nitrogen and oxygen atoms in total. The van der Waals surface area contributed by atoms with E-state index < -0.39 is 0 Å². The van der Waals surface area contributed by atoms with Gasteiger partial charge < -0.3 is 9.73 Å². The zero-order valence-corrected chi connectivity index (χ0v) is 9.63. The molecule has 0 saturated carbocycles. The van der Waals surface area contributed by atoms with Crippen molar-refractivity contribution < 1.29 is 4.42 Å². The van der Waals surface area contributed by atoms with Crippen LogP contribution in [-0.2, 0) is 6.42 Å². The van der Waals surface area contributed by atoms with Crippen molar-refractivity contribution >= 4 is 0 Å². The van der Waals surface area contributed by atoms with Crippen molar-refractivity contribution in [3.8, 4) is 0 Å². The zero-order valence-electron chi connectivity index (χ0n) is 9.63. The summed E-state index contributed by atoms with van der Waals surface area (Å²) in [6.45, 7) is 9.87. The van der Waals surface area contributed by atoms with Crippen LogP contribution < -0.4 is 5.32 Å². The molecule has 0 spiro atoms. The Morgan fingerprint density at radius 2 is 2.14 bits per heavy atom. The summed E-state index contributed by atoms with van der Waals surface area (Å²) >= 11 is 0. The third-order valence-corrected chi connectivity index (χ3v) is 2.22. The molecule has 1 N–H and O–H groups in total. The minimum atomic E-state index is 0.252. The number of nitrogens with one attached hydrogen (secondary N) is 1. The van der Waals surface area contributed by atoms with Gasteiger partial charge in [0.2, 0.25) is 0 Å². The van der Waals surface area contributed by atoms with Crippen LogP contribution in [0.2, 0.25) is 0 Å². The van der Waals surface area contributed by atoms with Crippen LogP contribution in [0.25, 0.3) is 0 Å².